The molecule has 0 aliphatic rings. The monoisotopic (exact) mass is 467 g/mol. The van der Waals surface area contributed by atoms with Gasteiger partial charge >= 0.3 is 5.97 Å². The Labute approximate surface area is 196 Å². The molecule has 8 heteroatoms. The van der Waals surface area contributed by atoms with Crippen molar-refractivity contribution in [2.45, 2.75) is 39.0 Å². The Bertz CT molecular complexity index is 1240. The topological polar surface area (TPSA) is 112 Å². The summed E-state index contributed by atoms with van der Waals surface area (Å²) in [6, 6.07) is 12.5. The molecule has 0 saturated heterocycles. The van der Waals surface area contributed by atoms with E-state index in [1.807, 2.05) is 37.3 Å². The average Bonchev–Trinajstić information content (AvgIpc) is 2.80. The van der Waals surface area contributed by atoms with Crippen LogP contribution in [0.25, 0.3) is 10.8 Å². The second kappa shape index (κ2) is 11.4. The van der Waals surface area contributed by atoms with Gasteiger partial charge in [-0.1, -0.05) is 61.4 Å². The van der Waals surface area contributed by atoms with Crippen LogP contribution in [0, 0.1) is 5.92 Å². The van der Waals surface area contributed by atoms with Crippen molar-refractivity contribution in [3.05, 3.63) is 81.3 Å². The van der Waals surface area contributed by atoms with Crippen molar-refractivity contribution in [3.8, 4) is 0 Å². The second-order valence-electron chi connectivity index (χ2n) is 7.82. The zero-order valence-corrected chi connectivity index (χ0v) is 19.1. The molecule has 2 aromatic carbocycles. The lowest BCUT2D eigenvalue weighted by Crippen LogP contribution is -2.25. The molecule has 0 spiro atoms. The van der Waals surface area contributed by atoms with Gasteiger partial charge in [0.05, 0.1) is 34.1 Å². The van der Waals surface area contributed by atoms with Gasteiger partial charge in [-0.2, -0.15) is 5.10 Å². The fourth-order valence-corrected chi connectivity index (χ4v) is 3.72. The Morgan fingerprint density at radius 2 is 1.94 bits per heavy atom. The smallest absolute Gasteiger partial charge is 0.304 e. The molecule has 172 valence electrons. The third-order valence-corrected chi connectivity index (χ3v) is 5.60. The summed E-state index contributed by atoms with van der Waals surface area (Å²) in [6.45, 7) is 2.05. The second-order valence-corrected chi connectivity index (χ2v) is 8.22. The van der Waals surface area contributed by atoms with Crippen LogP contribution < -0.4 is 10.9 Å². The minimum Gasteiger partial charge on any atom is -0.481 e. The first-order valence-electron chi connectivity index (χ1n) is 10.8. The number of carboxylic acids is 1. The van der Waals surface area contributed by atoms with Gasteiger partial charge < -0.3 is 10.4 Å². The Balaban J connectivity index is 1.81. The van der Waals surface area contributed by atoms with Crippen LogP contribution in [-0.4, -0.2) is 27.2 Å². The molecule has 3 N–H and O–H groups in total. The van der Waals surface area contributed by atoms with E-state index in [-0.39, 0.29) is 12.0 Å². The van der Waals surface area contributed by atoms with E-state index in [4.69, 9.17) is 11.6 Å². The lowest BCUT2D eigenvalue weighted by Gasteiger charge is -2.15. The fourth-order valence-electron chi connectivity index (χ4n) is 3.55. The summed E-state index contributed by atoms with van der Waals surface area (Å²) in [7, 11) is 0. The number of rotatable bonds is 10. The highest BCUT2D eigenvalue weighted by Gasteiger charge is 2.21. The number of carbonyl (C=O) groups is 2. The number of fused-ring (bicyclic) bond motifs is 1. The maximum Gasteiger partial charge on any atom is 0.304 e. The molecule has 1 unspecified atom stereocenters. The fraction of sp³-hybridized carbons (Fsp3) is 0.280. The summed E-state index contributed by atoms with van der Waals surface area (Å²) in [5, 5.41) is 20.4. The molecule has 3 aromatic rings. The highest BCUT2D eigenvalue weighted by atomic mass is 35.5. The predicted molar refractivity (Wildman–Crippen MR) is 130 cm³/mol. The van der Waals surface area contributed by atoms with E-state index < -0.39 is 17.8 Å². The molecule has 1 heterocycles. The number of aliphatic carboxylic acids is 1. The number of aromatic amines is 1. The number of benzene rings is 2. The quantitative estimate of drug-likeness (QED) is 0.365. The van der Waals surface area contributed by atoms with E-state index in [0.717, 1.165) is 23.8 Å². The van der Waals surface area contributed by atoms with Gasteiger partial charge in [-0.25, -0.2) is 5.10 Å². The summed E-state index contributed by atoms with van der Waals surface area (Å²) in [5.74, 6) is -2.14. The Morgan fingerprint density at radius 1 is 1.18 bits per heavy atom. The number of allylic oxidation sites excluding steroid dienone is 2. The molecular formula is C25H26ClN3O4. The number of aromatic nitrogens is 2. The molecule has 0 aliphatic heterocycles. The van der Waals surface area contributed by atoms with Gasteiger partial charge in [0, 0.05) is 11.8 Å². The van der Waals surface area contributed by atoms with Crippen LogP contribution in [0.2, 0.25) is 5.02 Å². The third-order valence-electron chi connectivity index (χ3n) is 5.27. The number of hydrogen-bond acceptors (Lipinski definition) is 4. The molecule has 0 radical (unpaired) electrons. The van der Waals surface area contributed by atoms with Crippen molar-refractivity contribution in [2.75, 3.05) is 5.32 Å². The maximum atomic E-state index is 12.8. The first-order chi connectivity index (χ1) is 15.9. The normalized spacial score (nSPS) is 12.2. The highest BCUT2D eigenvalue weighted by molar-refractivity contribution is 6.33. The van der Waals surface area contributed by atoms with Gasteiger partial charge in [0.15, 0.2) is 0 Å². The Morgan fingerprint density at radius 3 is 2.67 bits per heavy atom. The molecular weight excluding hydrogens is 442 g/mol. The van der Waals surface area contributed by atoms with Gasteiger partial charge in [-0.15, -0.1) is 0 Å². The number of nitrogens with zero attached hydrogens (tertiary/aromatic N) is 1. The van der Waals surface area contributed by atoms with Crippen LogP contribution in [-0.2, 0) is 16.0 Å². The van der Waals surface area contributed by atoms with Crippen molar-refractivity contribution in [1.82, 2.24) is 10.2 Å². The average molecular weight is 468 g/mol. The number of halogens is 1. The van der Waals surface area contributed by atoms with Crippen LogP contribution in [0.15, 0.2) is 59.4 Å². The number of anilines is 1. The van der Waals surface area contributed by atoms with E-state index in [2.05, 4.69) is 15.5 Å². The van der Waals surface area contributed by atoms with Gasteiger partial charge in [0.1, 0.15) is 0 Å². The minimum atomic E-state index is -1.03. The number of unbranched alkanes of at least 4 members (excludes halogenated alkanes) is 1. The maximum absolute atomic E-state index is 12.8. The van der Waals surface area contributed by atoms with Crippen molar-refractivity contribution >= 4 is 39.9 Å². The summed E-state index contributed by atoms with van der Waals surface area (Å²) in [5.41, 5.74) is 1.67. The molecule has 3 rings (SSSR count). The molecule has 0 fully saturated rings. The summed E-state index contributed by atoms with van der Waals surface area (Å²) in [6.07, 6.45) is 6.14. The van der Waals surface area contributed by atoms with Crippen LogP contribution in [0.3, 0.4) is 0 Å². The molecule has 0 saturated carbocycles. The van der Waals surface area contributed by atoms with Crippen molar-refractivity contribution in [1.29, 1.82) is 0 Å². The van der Waals surface area contributed by atoms with E-state index in [1.54, 1.807) is 24.3 Å². The highest BCUT2D eigenvalue weighted by Crippen LogP contribution is 2.26. The van der Waals surface area contributed by atoms with E-state index in [1.165, 1.54) is 0 Å². The van der Waals surface area contributed by atoms with Crippen molar-refractivity contribution in [3.63, 3.8) is 0 Å². The molecule has 1 amide bonds. The van der Waals surface area contributed by atoms with Gasteiger partial charge in [-0.05, 0) is 36.6 Å². The largest absolute Gasteiger partial charge is 0.481 e. The van der Waals surface area contributed by atoms with E-state index >= 15 is 0 Å². The standard InChI is InChI=1S/C25H26ClN3O4/c1-2-3-4-5-8-17(15-23(30)31)24(32)27-22-14-16(11-12-20(22)26)13-21-18-9-6-7-10-19(18)25(33)29-28-21/h4-7,9-12,14,17H,2-3,8,13,15H2,1H3,(H,27,32)(H,29,33)(H,30,31). The van der Waals surface area contributed by atoms with Gasteiger partial charge in [0.25, 0.3) is 5.56 Å². The SMILES string of the molecule is CCCC=CCC(CC(=O)O)C(=O)Nc1cc(Cc2n[nH]c(=O)c3ccccc23)ccc1Cl. The van der Waals surface area contributed by atoms with E-state index in [9.17, 15) is 19.5 Å². The van der Waals surface area contributed by atoms with Gasteiger partial charge in [0.2, 0.25) is 5.91 Å². The first kappa shape index (κ1) is 24.2. The number of nitrogens with one attached hydrogen (secondary N) is 2. The minimum absolute atomic E-state index is 0.254. The van der Waals surface area contributed by atoms with Crippen molar-refractivity contribution in [2.24, 2.45) is 5.92 Å². The van der Waals surface area contributed by atoms with Crippen LogP contribution >= 0.6 is 11.6 Å². The van der Waals surface area contributed by atoms with Gasteiger partial charge in [-0.3, -0.25) is 14.4 Å². The zero-order valence-electron chi connectivity index (χ0n) is 18.3. The summed E-state index contributed by atoms with van der Waals surface area (Å²) < 4.78 is 0. The predicted octanol–water partition coefficient (Wildman–Crippen LogP) is 4.94. The summed E-state index contributed by atoms with van der Waals surface area (Å²) in [4.78, 5) is 36.1. The summed E-state index contributed by atoms with van der Waals surface area (Å²) >= 11 is 6.31. The molecule has 1 atom stereocenters. The number of amides is 1. The first-order valence-corrected chi connectivity index (χ1v) is 11.2. The van der Waals surface area contributed by atoms with E-state index in [0.29, 0.717) is 34.6 Å². The zero-order chi connectivity index (χ0) is 23.8. The lowest BCUT2D eigenvalue weighted by molar-refractivity contribution is -0.140. The number of carboxylic acid groups (broad SMARTS) is 1. The lowest BCUT2D eigenvalue weighted by atomic mass is 9.99. The number of H-pyrrole nitrogens is 1. The molecule has 1 aromatic heterocycles. The van der Waals surface area contributed by atoms with Crippen LogP contribution in [0.4, 0.5) is 5.69 Å². The number of carbonyl (C=O) groups excluding carboxylic acids is 1. The van der Waals surface area contributed by atoms with Crippen LogP contribution in [0.1, 0.15) is 43.9 Å². The Hall–Kier alpha value is -3.45. The molecule has 0 bridgehead atoms. The van der Waals surface area contributed by atoms with Crippen LogP contribution in [0.5, 0.6) is 0 Å². The number of hydrogen-bond donors (Lipinski definition) is 3. The Kier molecular flexibility index (Phi) is 8.38. The molecule has 0 aliphatic carbocycles. The molecule has 33 heavy (non-hydrogen) atoms. The van der Waals surface area contributed by atoms with Crippen molar-refractivity contribution < 1.29 is 14.7 Å². The third kappa shape index (κ3) is 6.52. The molecule has 7 nitrogen and oxygen atoms in total.